The van der Waals surface area contributed by atoms with Crippen LogP contribution in [0.4, 0.5) is 4.39 Å². The van der Waals surface area contributed by atoms with Crippen molar-refractivity contribution in [2.45, 2.75) is 6.92 Å². The van der Waals surface area contributed by atoms with Crippen molar-refractivity contribution in [1.29, 1.82) is 0 Å². The number of halogens is 1. The summed E-state index contributed by atoms with van der Waals surface area (Å²) in [6.45, 7) is 1.09. The van der Waals surface area contributed by atoms with E-state index in [1.165, 1.54) is 13.0 Å². The number of hydrogen-bond acceptors (Lipinski definition) is 3. The van der Waals surface area contributed by atoms with Crippen LogP contribution >= 0.6 is 0 Å². The maximum Gasteiger partial charge on any atom is 0.258 e. The van der Waals surface area contributed by atoms with E-state index >= 15 is 0 Å². The van der Waals surface area contributed by atoms with Crippen LogP contribution < -0.4 is 10.1 Å². The third-order valence-corrected chi connectivity index (χ3v) is 2.07. The minimum absolute atomic E-state index is 0.0401. The Morgan fingerprint density at radius 3 is 2.83 bits per heavy atom. The number of ketones is 1. The highest BCUT2D eigenvalue weighted by atomic mass is 19.1. The summed E-state index contributed by atoms with van der Waals surface area (Å²) in [5, 5.41) is 2.39. The molecule has 0 radical (unpaired) electrons. The molecule has 0 aliphatic carbocycles. The van der Waals surface area contributed by atoms with E-state index in [1.54, 1.807) is 0 Å². The Balaban J connectivity index is 2.72. The summed E-state index contributed by atoms with van der Waals surface area (Å²) in [5.74, 6) is 1.02. The van der Waals surface area contributed by atoms with Crippen molar-refractivity contribution in [2.75, 3.05) is 13.2 Å². The molecule has 0 saturated carbocycles. The highest BCUT2D eigenvalue weighted by molar-refractivity contribution is 5.96. The van der Waals surface area contributed by atoms with Gasteiger partial charge in [-0.25, -0.2) is 4.39 Å². The number of carbonyl (C=O) groups excluding carboxylic acids is 2. The second-order valence-electron chi connectivity index (χ2n) is 3.47. The molecule has 0 aliphatic rings. The van der Waals surface area contributed by atoms with Gasteiger partial charge in [0, 0.05) is 6.07 Å². The van der Waals surface area contributed by atoms with Crippen molar-refractivity contribution in [3.63, 3.8) is 0 Å². The number of terminal acetylenes is 1. The molecule has 0 atom stereocenters. The molecule has 0 unspecified atom stereocenters. The second kappa shape index (κ2) is 6.40. The first-order valence-corrected chi connectivity index (χ1v) is 5.18. The van der Waals surface area contributed by atoms with E-state index < -0.39 is 11.7 Å². The van der Waals surface area contributed by atoms with Crippen LogP contribution in [0.3, 0.4) is 0 Å². The van der Waals surface area contributed by atoms with E-state index in [2.05, 4.69) is 11.2 Å². The van der Waals surface area contributed by atoms with Gasteiger partial charge in [-0.3, -0.25) is 9.59 Å². The van der Waals surface area contributed by atoms with E-state index in [1.807, 2.05) is 0 Å². The van der Waals surface area contributed by atoms with Gasteiger partial charge in [-0.2, -0.15) is 0 Å². The number of benzene rings is 1. The molecule has 1 N–H and O–H groups in total. The van der Waals surface area contributed by atoms with Crippen molar-refractivity contribution in [2.24, 2.45) is 0 Å². The third kappa shape index (κ3) is 3.91. The van der Waals surface area contributed by atoms with Gasteiger partial charge in [0.15, 0.2) is 12.4 Å². The maximum absolute atomic E-state index is 13.0. The first-order chi connectivity index (χ1) is 8.54. The number of nitrogens with one attached hydrogen (secondary N) is 1. The Hall–Kier alpha value is -2.35. The van der Waals surface area contributed by atoms with Crippen LogP contribution in [0.15, 0.2) is 18.2 Å². The normalized spacial score (nSPS) is 9.39. The summed E-state index contributed by atoms with van der Waals surface area (Å²) >= 11 is 0. The zero-order valence-corrected chi connectivity index (χ0v) is 9.83. The molecule has 0 heterocycles. The van der Waals surface area contributed by atoms with E-state index in [9.17, 15) is 14.0 Å². The zero-order valence-electron chi connectivity index (χ0n) is 9.83. The van der Waals surface area contributed by atoms with Crippen molar-refractivity contribution >= 4 is 11.7 Å². The summed E-state index contributed by atoms with van der Waals surface area (Å²) in [7, 11) is 0. The van der Waals surface area contributed by atoms with E-state index in [4.69, 9.17) is 11.2 Å². The number of rotatable bonds is 5. The van der Waals surface area contributed by atoms with Crippen LogP contribution in [0.25, 0.3) is 0 Å². The lowest BCUT2D eigenvalue weighted by Crippen LogP contribution is -2.29. The molecule has 1 aromatic rings. The minimum atomic E-state index is -0.543. The molecule has 1 amide bonds. The zero-order chi connectivity index (χ0) is 13.5. The topological polar surface area (TPSA) is 55.4 Å². The summed E-state index contributed by atoms with van der Waals surface area (Å²) in [5.41, 5.74) is 0.223. The van der Waals surface area contributed by atoms with Crippen molar-refractivity contribution in [3.8, 4) is 18.1 Å². The highest BCUT2D eigenvalue weighted by Gasteiger charge is 2.11. The standard InChI is InChI=1S/C13H12FNO3/c1-3-6-15-13(17)8-18-12-7-10(14)4-5-11(12)9(2)16/h1,4-5,7H,6,8H2,2H3,(H,15,17). The van der Waals surface area contributed by atoms with Crippen molar-refractivity contribution in [1.82, 2.24) is 5.32 Å². The molecule has 5 heteroatoms. The molecule has 18 heavy (non-hydrogen) atoms. The summed E-state index contributed by atoms with van der Waals surface area (Å²) in [6.07, 6.45) is 4.97. The number of ether oxygens (including phenoxy) is 1. The molecule has 0 saturated heterocycles. The van der Waals surface area contributed by atoms with Gasteiger partial charge >= 0.3 is 0 Å². The van der Waals surface area contributed by atoms with E-state index in [0.717, 1.165) is 12.1 Å². The van der Waals surface area contributed by atoms with Crippen molar-refractivity contribution < 1.29 is 18.7 Å². The SMILES string of the molecule is C#CCNC(=O)COc1cc(F)ccc1C(C)=O. The van der Waals surface area contributed by atoms with Gasteiger partial charge in [-0.1, -0.05) is 5.92 Å². The van der Waals surface area contributed by atoms with Gasteiger partial charge in [-0.15, -0.1) is 6.42 Å². The van der Waals surface area contributed by atoms with Gasteiger partial charge in [0.05, 0.1) is 12.1 Å². The Morgan fingerprint density at radius 1 is 1.50 bits per heavy atom. The fourth-order valence-electron chi connectivity index (χ4n) is 1.25. The van der Waals surface area contributed by atoms with Crippen LogP contribution in [0.1, 0.15) is 17.3 Å². The van der Waals surface area contributed by atoms with Crippen LogP contribution in [-0.2, 0) is 4.79 Å². The van der Waals surface area contributed by atoms with Gasteiger partial charge in [0.25, 0.3) is 5.91 Å². The minimum Gasteiger partial charge on any atom is -0.483 e. The molecule has 1 aromatic carbocycles. The molecule has 4 nitrogen and oxygen atoms in total. The summed E-state index contributed by atoms with van der Waals surface area (Å²) < 4.78 is 18.1. The molecule has 0 bridgehead atoms. The molecule has 1 rings (SSSR count). The lowest BCUT2D eigenvalue weighted by atomic mass is 10.1. The summed E-state index contributed by atoms with van der Waals surface area (Å²) in [4.78, 5) is 22.5. The Labute approximate surface area is 104 Å². The third-order valence-electron chi connectivity index (χ3n) is 2.07. The molecule has 0 aromatic heterocycles. The van der Waals surface area contributed by atoms with Crippen LogP contribution in [-0.4, -0.2) is 24.8 Å². The Bertz CT molecular complexity index is 505. The quantitative estimate of drug-likeness (QED) is 0.629. The van der Waals surface area contributed by atoms with E-state index in [-0.39, 0.29) is 30.2 Å². The predicted molar refractivity (Wildman–Crippen MR) is 63.7 cm³/mol. The second-order valence-corrected chi connectivity index (χ2v) is 3.47. The average molecular weight is 249 g/mol. The average Bonchev–Trinajstić information content (AvgIpc) is 2.33. The fraction of sp³-hybridized carbons (Fsp3) is 0.231. The largest absolute Gasteiger partial charge is 0.483 e. The van der Waals surface area contributed by atoms with E-state index in [0.29, 0.717) is 0 Å². The first kappa shape index (κ1) is 13.7. The number of Topliss-reactive ketones (excluding diaryl/α,β-unsaturated/α-hetero) is 1. The monoisotopic (exact) mass is 249 g/mol. The van der Waals surface area contributed by atoms with Gasteiger partial charge in [-0.05, 0) is 19.1 Å². The molecular formula is C13H12FNO3. The Morgan fingerprint density at radius 2 is 2.22 bits per heavy atom. The van der Waals surface area contributed by atoms with Gasteiger partial charge in [0.2, 0.25) is 0 Å². The molecule has 0 fully saturated rings. The Kier molecular flexibility index (Phi) is 4.88. The van der Waals surface area contributed by atoms with Gasteiger partial charge in [0.1, 0.15) is 11.6 Å². The fourth-order valence-corrected chi connectivity index (χ4v) is 1.25. The molecular weight excluding hydrogens is 237 g/mol. The van der Waals surface area contributed by atoms with Gasteiger partial charge < -0.3 is 10.1 Å². The lowest BCUT2D eigenvalue weighted by Gasteiger charge is -2.09. The smallest absolute Gasteiger partial charge is 0.258 e. The molecule has 0 aliphatic heterocycles. The highest BCUT2D eigenvalue weighted by Crippen LogP contribution is 2.20. The lowest BCUT2D eigenvalue weighted by molar-refractivity contribution is -0.122. The molecule has 0 spiro atoms. The van der Waals surface area contributed by atoms with Crippen LogP contribution in [0.2, 0.25) is 0 Å². The maximum atomic E-state index is 13.0. The number of amides is 1. The predicted octanol–water partition coefficient (Wildman–Crippen LogP) is 1.16. The first-order valence-electron chi connectivity index (χ1n) is 5.18. The number of hydrogen-bond donors (Lipinski definition) is 1. The molecule has 94 valence electrons. The van der Waals surface area contributed by atoms with Crippen LogP contribution in [0, 0.1) is 18.2 Å². The summed E-state index contributed by atoms with van der Waals surface area (Å²) in [6, 6.07) is 3.53. The van der Waals surface area contributed by atoms with Crippen molar-refractivity contribution in [3.05, 3.63) is 29.6 Å². The number of carbonyl (C=O) groups is 2. The van der Waals surface area contributed by atoms with Crippen LogP contribution in [0.5, 0.6) is 5.75 Å².